The van der Waals surface area contributed by atoms with E-state index in [0.717, 1.165) is 16.0 Å². The Bertz CT molecular complexity index is 982. The van der Waals surface area contributed by atoms with Crippen molar-refractivity contribution in [2.24, 2.45) is 5.73 Å². The second-order valence-corrected chi connectivity index (χ2v) is 7.23. The van der Waals surface area contributed by atoms with E-state index in [0.29, 0.717) is 5.56 Å². The normalized spacial score (nSPS) is 14.8. The lowest BCUT2D eigenvalue weighted by Crippen LogP contribution is -2.47. The summed E-state index contributed by atoms with van der Waals surface area (Å²) in [4.78, 5) is 25.4. The van der Waals surface area contributed by atoms with Crippen LogP contribution in [0.15, 0.2) is 84.9 Å². The van der Waals surface area contributed by atoms with Gasteiger partial charge >= 0.3 is 6.09 Å². The molecule has 5 nitrogen and oxygen atoms in total. The van der Waals surface area contributed by atoms with Gasteiger partial charge in [0.25, 0.3) is 0 Å². The van der Waals surface area contributed by atoms with Crippen LogP contribution in [0.1, 0.15) is 22.6 Å². The van der Waals surface area contributed by atoms with Crippen LogP contribution in [-0.2, 0) is 9.53 Å². The van der Waals surface area contributed by atoms with Crippen molar-refractivity contribution in [2.75, 3.05) is 13.2 Å². The number of hydrogen-bond acceptors (Lipinski definition) is 4. The SMILES string of the molecule is Cc1ccc(C(c2cccc(F)c2)C(N)C(=O)N2CCOC2=O)cc1.c1ccccc1. The van der Waals surface area contributed by atoms with Crippen LogP contribution in [0.3, 0.4) is 0 Å². The van der Waals surface area contributed by atoms with Gasteiger partial charge in [-0.25, -0.2) is 14.1 Å². The molecule has 3 aromatic rings. The average Bonchev–Trinajstić information content (AvgIpc) is 3.22. The Morgan fingerprint density at radius 1 is 0.968 bits per heavy atom. The number of carbonyl (C=O) groups excluding carboxylic acids is 2. The molecule has 3 aromatic carbocycles. The van der Waals surface area contributed by atoms with Crippen molar-refractivity contribution >= 4 is 12.0 Å². The van der Waals surface area contributed by atoms with Crippen LogP contribution in [0.4, 0.5) is 9.18 Å². The van der Waals surface area contributed by atoms with E-state index in [1.807, 2.05) is 67.6 Å². The van der Waals surface area contributed by atoms with Crippen LogP contribution in [-0.4, -0.2) is 36.1 Å². The van der Waals surface area contributed by atoms with Gasteiger partial charge in [0.1, 0.15) is 12.4 Å². The first-order valence-electron chi connectivity index (χ1n) is 10.0. The molecule has 2 amide bonds. The number of imide groups is 1. The number of nitrogens with zero attached hydrogens (tertiary/aromatic N) is 1. The smallest absolute Gasteiger partial charge is 0.416 e. The number of benzene rings is 3. The quantitative estimate of drug-likeness (QED) is 0.685. The number of nitrogens with two attached hydrogens (primary N) is 1. The molecule has 1 saturated heterocycles. The average molecular weight is 420 g/mol. The van der Waals surface area contributed by atoms with E-state index in [2.05, 4.69) is 0 Å². The van der Waals surface area contributed by atoms with Crippen LogP contribution < -0.4 is 5.73 Å². The van der Waals surface area contributed by atoms with Crippen LogP contribution in [0, 0.1) is 12.7 Å². The Morgan fingerprint density at radius 2 is 1.58 bits per heavy atom. The first-order valence-corrected chi connectivity index (χ1v) is 10.0. The molecule has 0 radical (unpaired) electrons. The Hall–Kier alpha value is -3.51. The van der Waals surface area contributed by atoms with Crippen molar-refractivity contribution in [2.45, 2.75) is 18.9 Å². The third kappa shape index (κ3) is 5.77. The second-order valence-electron chi connectivity index (χ2n) is 7.23. The van der Waals surface area contributed by atoms with Crippen LogP contribution in [0.5, 0.6) is 0 Å². The van der Waals surface area contributed by atoms with Gasteiger partial charge in [-0.2, -0.15) is 0 Å². The zero-order chi connectivity index (χ0) is 22.2. The van der Waals surface area contributed by atoms with Crippen molar-refractivity contribution in [3.8, 4) is 0 Å². The van der Waals surface area contributed by atoms with E-state index in [1.54, 1.807) is 12.1 Å². The number of carbonyl (C=O) groups is 2. The van der Waals surface area contributed by atoms with Gasteiger partial charge in [0.15, 0.2) is 0 Å². The van der Waals surface area contributed by atoms with Gasteiger partial charge in [0.2, 0.25) is 5.91 Å². The number of aryl methyl sites for hydroxylation is 1. The number of ether oxygens (including phenoxy) is 1. The molecule has 0 aromatic heterocycles. The molecular formula is C25H25FN2O3. The Kier molecular flexibility index (Phi) is 7.51. The molecule has 0 bridgehead atoms. The summed E-state index contributed by atoms with van der Waals surface area (Å²) in [6.07, 6.45) is -0.692. The van der Waals surface area contributed by atoms with Gasteiger partial charge in [-0.05, 0) is 30.2 Å². The fourth-order valence-corrected chi connectivity index (χ4v) is 3.38. The van der Waals surface area contributed by atoms with Crippen LogP contribution in [0.25, 0.3) is 0 Å². The fraction of sp³-hybridized carbons (Fsp3) is 0.200. The van der Waals surface area contributed by atoms with Crippen molar-refractivity contribution in [1.82, 2.24) is 4.90 Å². The summed E-state index contributed by atoms with van der Waals surface area (Å²) in [6.45, 7) is 2.29. The maximum atomic E-state index is 13.7. The highest BCUT2D eigenvalue weighted by molar-refractivity contribution is 5.96. The highest BCUT2D eigenvalue weighted by Gasteiger charge is 2.36. The number of hydrogen-bond donors (Lipinski definition) is 1. The van der Waals surface area contributed by atoms with Gasteiger partial charge in [-0.1, -0.05) is 78.4 Å². The zero-order valence-corrected chi connectivity index (χ0v) is 17.3. The number of rotatable bonds is 4. The van der Waals surface area contributed by atoms with Gasteiger partial charge < -0.3 is 10.5 Å². The molecule has 1 aliphatic rings. The van der Waals surface area contributed by atoms with Crippen molar-refractivity contribution in [3.63, 3.8) is 0 Å². The predicted molar refractivity (Wildman–Crippen MR) is 117 cm³/mol. The van der Waals surface area contributed by atoms with E-state index in [9.17, 15) is 14.0 Å². The minimum atomic E-state index is -1.03. The summed E-state index contributed by atoms with van der Waals surface area (Å²) in [5.74, 6) is -1.51. The Morgan fingerprint density at radius 3 is 2.10 bits per heavy atom. The van der Waals surface area contributed by atoms with Crippen molar-refractivity contribution < 1.29 is 18.7 Å². The molecule has 1 fully saturated rings. The molecule has 1 heterocycles. The highest BCUT2D eigenvalue weighted by Crippen LogP contribution is 2.29. The van der Waals surface area contributed by atoms with Gasteiger partial charge in [0.05, 0.1) is 12.6 Å². The van der Waals surface area contributed by atoms with Crippen molar-refractivity contribution in [3.05, 3.63) is 107 Å². The van der Waals surface area contributed by atoms with E-state index < -0.39 is 29.8 Å². The Balaban J connectivity index is 0.000000391. The zero-order valence-electron chi connectivity index (χ0n) is 17.3. The van der Waals surface area contributed by atoms with E-state index in [1.165, 1.54) is 12.1 Å². The Labute approximate surface area is 181 Å². The summed E-state index contributed by atoms with van der Waals surface area (Å²) in [6, 6.07) is 24.5. The lowest BCUT2D eigenvalue weighted by atomic mass is 9.84. The van der Waals surface area contributed by atoms with E-state index in [-0.39, 0.29) is 13.2 Å². The summed E-state index contributed by atoms with van der Waals surface area (Å²) < 4.78 is 18.5. The topological polar surface area (TPSA) is 72.6 Å². The minimum absolute atomic E-state index is 0.159. The fourth-order valence-electron chi connectivity index (χ4n) is 3.38. The molecule has 4 rings (SSSR count). The monoisotopic (exact) mass is 420 g/mol. The summed E-state index contributed by atoms with van der Waals surface area (Å²) in [7, 11) is 0. The third-order valence-corrected chi connectivity index (χ3v) is 4.98. The molecule has 0 aliphatic carbocycles. The lowest BCUT2D eigenvalue weighted by molar-refractivity contribution is -0.129. The molecule has 0 saturated carbocycles. The molecule has 1 aliphatic heterocycles. The molecular weight excluding hydrogens is 395 g/mol. The van der Waals surface area contributed by atoms with Crippen LogP contribution >= 0.6 is 0 Å². The van der Waals surface area contributed by atoms with Gasteiger partial charge in [-0.3, -0.25) is 4.79 Å². The molecule has 2 unspecified atom stereocenters. The molecule has 2 atom stereocenters. The molecule has 6 heteroatoms. The summed E-state index contributed by atoms with van der Waals surface area (Å²) in [5, 5.41) is 0. The van der Waals surface area contributed by atoms with Gasteiger partial charge in [0, 0.05) is 5.92 Å². The predicted octanol–water partition coefficient (Wildman–Crippen LogP) is 4.26. The molecule has 2 N–H and O–H groups in total. The van der Waals surface area contributed by atoms with Crippen LogP contribution in [0.2, 0.25) is 0 Å². The largest absolute Gasteiger partial charge is 0.447 e. The molecule has 0 spiro atoms. The van der Waals surface area contributed by atoms with E-state index in [4.69, 9.17) is 10.5 Å². The number of amides is 2. The van der Waals surface area contributed by atoms with E-state index >= 15 is 0 Å². The standard InChI is InChI=1S/C19H19FN2O3.C6H6/c1-12-5-7-13(8-6-12)16(14-3-2-4-15(20)11-14)17(21)18(23)22-9-10-25-19(22)24;1-2-4-6-5-3-1/h2-8,11,16-17H,9-10,21H2,1H3;1-6H. The number of halogens is 1. The minimum Gasteiger partial charge on any atom is -0.447 e. The maximum Gasteiger partial charge on any atom is 0.416 e. The van der Waals surface area contributed by atoms with Crippen molar-refractivity contribution in [1.29, 1.82) is 0 Å². The lowest BCUT2D eigenvalue weighted by Gasteiger charge is -2.26. The first kappa shape index (κ1) is 22.2. The summed E-state index contributed by atoms with van der Waals surface area (Å²) in [5.41, 5.74) is 8.66. The second kappa shape index (κ2) is 10.5. The first-order chi connectivity index (χ1) is 15.0. The maximum absolute atomic E-state index is 13.7. The number of cyclic esters (lactones) is 1. The highest BCUT2D eigenvalue weighted by atomic mass is 19.1. The molecule has 160 valence electrons. The summed E-state index contributed by atoms with van der Waals surface area (Å²) >= 11 is 0. The molecule has 31 heavy (non-hydrogen) atoms. The van der Waals surface area contributed by atoms with Gasteiger partial charge in [-0.15, -0.1) is 0 Å². The third-order valence-electron chi connectivity index (χ3n) is 4.98.